The maximum Gasteiger partial charge on any atom is 0.329 e. The molecule has 1 radical (unpaired) electrons. The second kappa shape index (κ2) is 13.9. The molecule has 1 N–H and O–H groups in total. The Bertz CT molecular complexity index is 1480. The number of carbonyl (C=O) groups excluding carboxylic acids is 1. The second-order valence-corrected chi connectivity index (χ2v) is 17.0. The lowest BCUT2D eigenvalue weighted by molar-refractivity contribution is 0.144. The van der Waals surface area contributed by atoms with E-state index in [2.05, 4.69) is 68.2 Å². The Morgan fingerprint density at radius 2 is 1.98 bits per heavy atom. The summed E-state index contributed by atoms with van der Waals surface area (Å²) in [6, 6.07) is 11.6. The van der Waals surface area contributed by atoms with Crippen molar-refractivity contribution < 1.29 is 18.7 Å². The van der Waals surface area contributed by atoms with Gasteiger partial charge in [0.25, 0.3) is 0 Å². The average Bonchev–Trinajstić information content (AvgIpc) is 3.24. The molecule has 1 atom stereocenters. The largest absolute Gasteiger partial charge is 0.474 e. The van der Waals surface area contributed by atoms with Gasteiger partial charge in [0, 0.05) is 49.3 Å². The molecule has 1 aliphatic heterocycles. The van der Waals surface area contributed by atoms with Crippen LogP contribution < -0.4 is 14.9 Å². The number of benzene rings is 1. The van der Waals surface area contributed by atoms with Crippen LogP contribution in [0.1, 0.15) is 38.8 Å². The van der Waals surface area contributed by atoms with E-state index in [1.807, 2.05) is 10.9 Å². The summed E-state index contributed by atoms with van der Waals surface area (Å²) in [4.78, 5) is 26.9. The summed E-state index contributed by atoms with van der Waals surface area (Å²) in [6.07, 6.45) is 4.07. The Morgan fingerprint density at radius 3 is 2.65 bits per heavy atom. The summed E-state index contributed by atoms with van der Waals surface area (Å²) < 4.78 is 17.5. The zero-order chi connectivity index (χ0) is 30.5. The number of methoxy groups -OCH3 is 1. The van der Waals surface area contributed by atoms with Gasteiger partial charge >= 0.3 is 7.41 Å². The number of rotatable bonds is 12. The van der Waals surface area contributed by atoms with Gasteiger partial charge in [-0.25, -0.2) is 15.0 Å². The first-order chi connectivity index (χ1) is 19.9. The highest BCUT2D eigenvalue weighted by molar-refractivity contribution is 7.59. The average molecular weight is 620 g/mol. The second-order valence-electron chi connectivity index (χ2n) is 12.1. The number of fused-ring (bicyclic) bond motifs is 1. The van der Waals surface area contributed by atoms with Crippen LogP contribution in [-0.2, 0) is 19.4 Å². The van der Waals surface area contributed by atoms with Gasteiger partial charge in [-0.3, -0.25) is 0 Å². The molecular weight excluding hydrogens is 579 g/mol. The van der Waals surface area contributed by atoms with E-state index in [9.17, 15) is 10.1 Å². The third-order valence-electron chi connectivity index (χ3n) is 7.98. The minimum atomic E-state index is -2.06. The quantitative estimate of drug-likeness (QED) is 0.164. The van der Waals surface area contributed by atoms with Crippen LogP contribution in [-0.4, -0.2) is 70.3 Å². The highest BCUT2D eigenvalue weighted by Gasteiger charge is 2.44. The first-order valence-corrected chi connectivity index (χ1v) is 16.8. The van der Waals surface area contributed by atoms with E-state index in [4.69, 9.17) is 18.9 Å². The smallest absolute Gasteiger partial charge is 0.329 e. The van der Waals surface area contributed by atoms with E-state index in [0.29, 0.717) is 55.1 Å². The molecule has 0 saturated carbocycles. The van der Waals surface area contributed by atoms with Crippen molar-refractivity contribution in [2.45, 2.75) is 51.2 Å². The monoisotopic (exact) mass is 619 g/mol. The topological polar surface area (TPSA) is 122 Å². The van der Waals surface area contributed by atoms with Crippen LogP contribution >= 0.6 is 13.5 Å². The van der Waals surface area contributed by atoms with E-state index in [-0.39, 0.29) is 18.5 Å². The first-order valence-electron chi connectivity index (χ1n) is 13.9. The number of hydrogen-bond acceptors (Lipinski definition) is 10. The molecule has 3 heterocycles. The van der Waals surface area contributed by atoms with Crippen LogP contribution in [0, 0.1) is 11.3 Å². The number of nitriles is 1. The fourth-order valence-electron chi connectivity index (χ4n) is 4.58. The van der Waals surface area contributed by atoms with Gasteiger partial charge in [0.15, 0.2) is 8.32 Å². The Labute approximate surface area is 263 Å². The van der Waals surface area contributed by atoms with E-state index in [0.717, 1.165) is 23.0 Å². The summed E-state index contributed by atoms with van der Waals surface area (Å²) in [5.41, 5.74) is 3.72. The Hall–Kier alpha value is -3.44. The summed E-state index contributed by atoms with van der Waals surface area (Å²) in [6.45, 7) is 15.0. The Kier molecular flexibility index (Phi) is 11.0. The third-order valence-corrected chi connectivity index (χ3v) is 12.5. The van der Waals surface area contributed by atoms with Crippen LogP contribution in [0.15, 0.2) is 42.7 Å². The lowest BCUT2D eigenvalue weighted by Crippen LogP contribution is -2.46. The van der Waals surface area contributed by atoms with Gasteiger partial charge in [0.05, 0.1) is 17.9 Å². The van der Waals surface area contributed by atoms with Gasteiger partial charge in [-0.05, 0) is 54.0 Å². The van der Waals surface area contributed by atoms with Crippen molar-refractivity contribution >= 4 is 52.7 Å². The molecule has 3 aromatic rings. The van der Waals surface area contributed by atoms with E-state index in [1.54, 1.807) is 37.7 Å². The molecule has 0 bridgehead atoms. The molecule has 10 nitrogen and oxygen atoms in total. The Morgan fingerprint density at radius 1 is 1.21 bits per heavy atom. The number of anilines is 3. The Balaban J connectivity index is 0.00000506. The van der Waals surface area contributed by atoms with Gasteiger partial charge in [-0.15, -0.1) is 0 Å². The predicted octanol–water partition coefficient (Wildman–Crippen LogP) is 5.20. The van der Waals surface area contributed by atoms with Crippen molar-refractivity contribution in [3.63, 3.8) is 0 Å². The maximum absolute atomic E-state index is 11.6. The standard InChI is InChI=1S/C30H38BN6O4Si.H2S/c1-29(2,3)42(6,7)41-19-30(4)18-37(31-20-38)26-22(17-32)15-21(16-23(26)30)24-10-12-34-28(35-24)36-25-9-8-11-33-27(25)40-14-13-39-5;/h8-12,15-16,20H,13-14,18-19H2,1-7H3,(H,34,35,36);1H2/t30-;/m0./s1. The minimum absolute atomic E-state index is 0. The molecule has 0 spiro atoms. The number of hydrogen-bond donors (Lipinski definition) is 1. The highest BCUT2D eigenvalue weighted by Crippen LogP contribution is 2.46. The first kappa shape index (κ1) is 34.1. The molecule has 13 heteroatoms. The lowest BCUT2D eigenvalue weighted by atomic mass is 9.83. The van der Waals surface area contributed by atoms with Gasteiger partial charge in [0.2, 0.25) is 11.8 Å². The molecular formula is C30H40BN6O4SSi. The molecule has 0 amide bonds. The molecule has 2 aromatic heterocycles. The summed E-state index contributed by atoms with van der Waals surface area (Å²) in [7, 11) is 1.04. The summed E-state index contributed by atoms with van der Waals surface area (Å²) in [5, 5.41) is 13.4. The number of pyridine rings is 1. The summed E-state index contributed by atoms with van der Waals surface area (Å²) >= 11 is 0. The molecule has 1 aliphatic rings. The number of nitrogens with zero attached hydrogens (tertiary/aromatic N) is 5. The van der Waals surface area contributed by atoms with Crippen molar-refractivity contribution in [1.82, 2.24) is 15.0 Å². The predicted molar refractivity (Wildman–Crippen MR) is 178 cm³/mol. The van der Waals surface area contributed by atoms with Gasteiger partial charge in [0.1, 0.15) is 24.5 Å². The van der Waals surface area contributed by atoms with Crippen molar-refractivity contribution in [3.05, 3.63) is 53.9 Å². The van der Waals surface area contributed by atoms with Crippen molar-refractivity contribution in [1.29, 1.82) is 5.26 Å². The van der Waals surface area contributed by atoms with Crippen molar-refractivity contribution in [3.8, 4) is 23.2 Å². The van der Waals surface area contributed by atoms with E-state index >= 15 is 0 Å². The minimum Gasteiger partial charge on any atom is -0.474 e. The number of ether oxygens (including phenoxy) is 2. The molecule has 1 aromatic carbocycles. The molecule has 0 fully saturated rings. The lowest BCUT2D eigenvalue weighted by Gasteiger charge is -2.39. The van der Waals surface area contributed by atoms with Crippen LogP contribution in [0.2, 0.25) is 18.1 Å². The molecule has 4 rings (SSSR count). The number of aromatic nitrogens is 3. The zero-order valence-electron chi connectivity index (χ0n) is 25.9. The van der Waals surface area contributed by atoms with Crippen LogP contribution in [0.5, 0.6) is 5.88 Å². The molecule has 227 valence electrons. The molecule has 43 heavy (non-hydrogen) atoms. The summed E-state index contributed by atoms with van der Waals surface area (Å²) in [5.74, 6) is 0.771. The molecule has 0 saturated heterocycles. The molecule has 0 aliphatic carbocycles. The van der Waals surface area contributed by atoms with Gasteiger partial charge < -0.3 is 28.8 Å². The van der Waals surface area contributed by atoms with Crippen LogP contribution in [0.3, 0.4) is 0 Å². The van der Waals surface area contributed by atoms with E-state index in [1.165, 1.54) is 7.41 Å². The van der Waals surface area contributed by atoms with Gasteiger partial charge in [-0.1, -0.05) is 27.7 Å². The SMILES string of the molecule is COCCOc1ncccc1Nc1nccc(-c2cc(C#N)c3c(c2)[C@](C)(CO[Si](C)(C)C(C)(C)C)CN3[B]C=O)n1.S. The van der Waals surface area contributed by atoms with Crippen LogP contribution in [0.25, 0.3) is 11.3 Å². The number of carbonyl (C=O) groups is 1. The zero-order valence-corrected chi connectivity index (χ0v) is 27.9. The maximum atomic E-state index is 11.6. The van der Waals surface area contributed by atoms with Crippen molar-refractivity contribution in [2.24, 2.45) is 0 Å². The van der Waals surface area contributed by atoms with Crippen LogP contribution in [0.4, 0.5) is 17.3 Å². The fraction of sp³-hybridized carbons (Fsp3) is 0.433. The van der Waals surface area contributed by atoms with Gasteiger partial charge in [-0.2, -0.15) is 18.8 Å². The number of nitrogens with one attached hydrogen (secondary N) is 1. The normalized spacial score (nSPS) is 16.1. The fourth-order valence-corrected chi connectivity index (χ4v) is 5.69. The van der Waals surface area contributed by atoms with Crippen molar-refractivity contribution in [2.75, 3.05) is 43.6 Å². The molecule has 0 unspecified atom stereocenters. The van der Waals surface area contributed by atoms with E-state index < -0.39 is 13.7 Å². The highest BCUT2D eigenvalue weighted by atomic mass is 32.1. The third kappa shape index (κ3) is 7.56.